The van der Waals surface area contributed by atoms with Gasteiger partial charge in [0.05, 0.1) is 6.61 Å². The summed E-state index contributed by atoms with van der Waals surface area (Å²) in [6, 6.07) is 0. The number of rotatable bonds is 8. The van der Waals surface area contributed by atoms with Gasteiger partial charge in [0.25, 0.3) is 0 Å². The number of allylic oxidation sites excluding steroid dienone is 3. The molecule has 0 fully saturated rings. The van der Waals surface area contributed by atoms with Gasteiger partial charge < -0.3 is 9.53 Å². The average Bonchev–Trinajstić information content (AvgIpc) is 2.25. The fourth-order valence-electron chi connectivity index (χ4n) is 1.58. The Morgan fingerprint density at radius 3 is 2.26 bits per heavy atom. The zero-order valence-electron chi connectivity index (χ0n) is 13.6. The molecule has 0 saturated carbocycles. The van der Waals surface area contributed by atoms with Crippen molar-refractivity contribution in [1.82, 2.24) is 0 Å². The van der Waals surface area contributed by atoms with Crippen molar-refractivity contribution >= 4 is 8.32 Å². The van der Waals surface area contributed by atoms with E-state index >= 15 is 0 Å². The molecule has 0 amide bonds. The molecule has 2 nitrogen and oxygen atoms in total. The Kier molecular flexibility index (Phi) is 8.55. The first-order valence-corrected chi connectivity index (χ1v) is 10.2. The molecule has 0 saturated heterocycles. The minimum absolute atomic E-state index is 0.113. The summed E-state index contributed by atoms with van der Waals surface area (Å²) in [5.74, 6) is 0. The largest absolute Gasteiger partial charge is 0.414 e. The van der Waals surface area contributed by atoms with Crippen LogP contribution in [0.4, 0.5) is 0 Å². The number of aliphatic hydroxyl groups is 1. The van der Waals surface area contributed by atoms with Gasteiger partial charge in [0.15, 0.2) is 8.32 Å². The molecule has 0 radical (unpaired) electrons. The van der Waals surface area contributed by atoms with E-state index in [1.165, 1.54) is 0 Å². The number of unbranched alkanes of at least 4 members (excludes halogenated alkanes) is 1. The maximum atomic E-state index is 8.58. The summed E-state index contributed by atoms with van der Waals surface area (Å²) < 4.78 is 6.32. The van der Waals surface area contributed by atoms with Crippen LogP contribution in [-0.2, 0) is 4.43 Å². The molecule has 0 heterocycles. The summed E-state index contributed by atoms with van der Waals surface area (Å²) in [5, 5.41) is 8.87. The lowest BCUT2D eigenvalue weighted by Crippen LogP contribution is -2.43. The van der Waals surface area contributed by atoms with Gasteiger partial charge in [-0.05, 0) is 44.3 Å². The molecule has 0 aliphatic rings. The fraction of sp³-hybridized carbons (Fsp3) is 0.750. The van der Waals surface area contributed by atoms with Crippen LogP contribution in [0.25, 0.3) is 0 Å². The normalized spacial score (nSPS) is 15.5. The molecule has 0 aliphatic heterocycles. The molecule has 0 bridgehead atoms. The first-order valence-electron chi connectivity index (χ1n) is 7.31. The summed E-state index contributed by atoms with van der Waals surface area (Å²) in [7, 11) is -1.61. The van der Waals surface area contributed by atoms with Crippen molar-refractivity contribution in [2.75, 3.05) is 6.61 Å². The van der Waals surface area contributed by atoms with E-state index in [9.17, 15) is 0 Å². The molecule has 3 heteroatoms. The lowest BCUT2D eigenvalue weighted by molar-refractivity contribution is 0.187. The third-order valence-corrected chi connectivity index (χ3v) is 8.38. The monoisotopic (exact) mass is 284 g/mol. The van der Waals surface area contributed by atoms with Crippen LogP contribution in [0.1, 0.15) is 47.0 Å². The van der Waals surface area contributed by atoms with Crippen LogP contribution in [0.3, 0.4) is 0 Å². The van der Waals surface area contributed by atoms with Crippen molar-refractivity contribution in [3.05, 3.63) is 24.3 Å². The molecule has 1 atom stereocenters. The highest BCUT2D eigenvalue weighted by atomic mass is 28.4. The van der Waals surface area contributed by atoms with E-state index in [0.717, 1.165) is 19.3 Å². The summed E-state index contributed by atoms with van der Waals surface area (Å²) in [6.45, 7) is 13.8. The van der Waals surface area contributed by atoms with E-state index in [0.29, 0.717) is 6.10 Å². The molecule has 0 unspecified atom stereocenters. The number of hydrogen-bond acceptors (Lipinski definition) is 2. The second kappa shape index (κ2) is 8.72. The third kappa shape index (κ3) is 8.40. The van der Waals surface area contributed by atoms with E-state index in [1.807, 2.05) is 12.2 Å². The minimum atomic E-state index is -1.61. The van der Waals surface area contributed by atoms with Gasteiger partial charge in [-0.15, -0.1) is 0 Å². The van der Waals surface area contributed by atoms with E-state index in [2.05, 4.69) is 46.9 Å². The molecule has 0 aromatic carbocycles. The Balaban J connectivity index is 3.91. The van der Waals surface area contributed by atoms with Crippen LogP contribution in [0, 0.1) is 0 Å². The Morgan fingerprint density at radius 1 is 1.16 bits per heavy atom. The van der Waals surface area contributed by atoms with Crippen molar-refractivity contribution in [2.45, 2.75) is 71.2 Å². The van der Waals surface area contributed by atoms with Crippen LogP contribution in [0.2, 0.25) is 18.1 Å². The van der Waals surface area contributed by atoms with Gasteiger partial charge in [0.2, 0.25) is 0 Å². The van der Waals surface area contributed by atoms with Gasteiger partial charge in [-0.25, -0.2) is 0 Å². The topological polar surface area (TPSA) is 29.5 Å². The predicted octanol–water partition coefficient (Wildman–Crippen LogP) is 4.67. The van der Waals surface area contributed by atoms with Gasteiger partial charge >= 0.3 is 0 Å². The molecule has 0 aromatic heterocycles. The molecule has 19 heavy (non-hydrogen) atoms. The van der Waals surface area contributed by atoms with Gasteiger partial charge in [-0.2, -0.15) is 0 Å². The maximum absolute atomic E-state index is 8.58. The number of aliphatic hydroxyl groups excluding tert-OH is 1. The summed E-state index contributed by atoms with van der Waals surface area (Å²) in [5.41, 5.74) is 0. The Labute approximate surface area is 120 Å². The minimum Gasteiger partial charge on any atom is -0.414 e. The van der Waals surface area contributed by atoms with Crippen LogP contribution < -0.4 is 0 Å². The SMILES string of the molecule is C[C@H](CCC/C=C/C=C/CO)O[Si](C)(C)C(C)(C)C. The maximum Gasteiger partial charge on any atom is 0.192 e. The van der Waals surface area contributed by atoms with E-state index in [1.54, 1.807) is 6.08 Å². The van der Waals surface area contributed by atoms with E-state index < -0.39 is 8.32 Å². The molecule has 0 spiro atoms. The average molecular weight is 285 g/mol. The standard InChI is InChI=1S/C16H32O2Si/c1-15(18-19(5,6)16(2,3)4)13-11-9-7-8-10-12-14-17/h7-8,10,12,15,17H,9,11,13-14H2,1-6H3/b8-7+,12-10+/t15-/m1/s1. The highest BCUT2D eigenvalue weighted by molar-refractivity contribution is 6.74. The third-order valence-electron chi connectivity index (χ3n) is 3.77. The van der Waals surface area contributed by atoms with Gasteiger partial charge in [-0.1, -0.05) is 45.1 Å². The van der Waals surface area contributed by atoms with Gasteiger partial charge in [0, 0.05) is 6.10 Å². The lowest BCUT2D eigenvalue weighted by atomic mass is 10.1. The molecular formula is C16H32O2Si. The molecule has 0 rings (SSSR count). The van der Waals surface area contributed by atoms with Crippen molar-refractivity contribution in [3.8, 4) is 0 Å². The Morgan fingerprint density at radius 2 is 1.74 bits per heavy atom. The lowest BCUT2D eigenvalue weighted by Gasteiger charge is -2.38. The first-order chi connectivity index (χ1) is 8.70. The molecule has 112 valence electrons. The first kappa shape index (κ1) is 18.6. The van der Waals surface area contributed by atoms with Crippen molar-refractivity contribution < 1.29 is 9.53 Å². The quantitative estimate of drug-likeness (QED) is 0.399. The second-order valence-corrected chi connectivity index (χ2v) is 11.4. The zero-order valence-corrected chi connectivity index (χ0v) is 14.6. The zero-order chi connectivity index (χ0) is 14.9. The molecule has 0 aliphatic carbocycles. The smallest absolute Gasteiger partial charge is 0.192 e. The molecule has 0 aromatic rings. The Bertz CT molecular complexity index is 288. The summed E-state index contributed by atoms with van der Waals surface area (Å²) in [4.78, 5) is 0. The van der Waals surface area contributed by atoms with Gasteiger partial charge in [0.1, 0.15) is 0 Å². The summed E-state index contributed by atoms with van der Waals surface area (Å²) in [6.07, 6.45) is 11.4. The molecule has 1 N–H and O–H groups in total. The van der Waals surface area contributed by atoms with Crippen LogP contribution in [-0.4, -0.2) is 26.1 Å². The van der Waals surface area contributed by atoms with Crippen molar-refractivity contribution in [3.63, 3.8) is 0 Å². The summed E-state index contributed by atoms with van der Waals surface area (Å²) >= 11 is 0. The van der Waals surface area contributed by atoms with E-state index in [-0.39, 0.29) is 11.6 Å². The van der Waals surface area contributed by atoms with E-state index in [4.69, 9.17) is 9.53 Å². The van der Waals surface area contributed by atoms with Crippen LogP contribution in [0.5, 0.6) is 0 Å². The van der Waals surface area contributed by atoms with Crippen molar-refractivity contribution in [2.24, 2.45) is 0 Å². The number of hydrogen-bond donors (Lipinski definition) is 1. The highest BCUT2D eigenvalue weighted by Gasteiger charge is 2.38. The Hall–Kier alpha value is -0.383. The molecular weight excluding hydrogens is 252 g/mol. The van der Waals surface area contributed by atoms with Crippen LogP contribution >= 0.6 is 0 Å². The highest BCUT2D eigenvalue weighted by Crippen LogP contribution is 2.37. The van der Waals surface area contributed by atoms with Crippen molar-refractivity contribution in [1.29, 1.82) is 0 Å². The predicted molar refractivity (Wildman–Crippen MR) is 87.0 cm³/mol. The fourth-order valence-corrected chi connectivity index (χ4v) is 3.05. The van der Waals surface area contributed by atoms with Gasteiger partial charge in [-0.3, -0.25) is 0 Å². The second-order valence-electron chi connectivity index (χ2n) is 6.66. The van der Waals surface area contributed by atoms with Crippen LogP contribution in [0.15, 0.2) is 24.3 Å².